The smallest absolute Gasteiger partial charge is 0.332 e. The summed E-state index contributed by atoms with van der Waals surface area (Å²) in [4.78, 5) is 13.6. The van der Waals surface area contributed by atoms with E-state index in [4.69, 9.17) is 10.00 Å². The molecule has 2 aliphatic rings. The molecule has 1 N–H and O–H groups in total. The van der Waals surface area contributed by atoms with Crippen LogP contribution in [0.15, 0.2) is 41.2 Å². The van der Waals surface area contributed by atoms with Crippen LogP contribution in [0.3, 0.4) is 0 Å². The van der Waals surface area contributed by atoms with Crippen LogP contribution >= 0.6 is 0 Å². The van der Waals surface area contributed by atoms with Crippen LogP contribution in [0.5, 0.6) is 11.6 Å². The minimum atomic E-state index is -0.0878. The molecule has 2 aromatic carbocycles. The van der Waals surface area contributed by atoms with Crippen LogP contribution in [0.2, 0.25) is 0 Å². The molecular weight excluding hydrogens is 450 g/mol. The van der Waals surface area contributed by atoms with Gasteiger partial charge in [0.15, 0.2) is 0 Å². The van der Waals surface area contributed by atoms with E-state index in [0.717, 1.165) is 62.0 Å². The molecule has 1 fully saturated rings. The van der Waals surface area contributed by atoms with Crippen molar-refractivity contribution in [1.29, 1.82) is 5.26 Å². The van der Waals surface area contributed by atoms with E-state index in [0.29, 0.717) is 18.6 Å². The summed E-state index contributed by atoms with van der Waals surface area (Å²) in [7, 11) is 0. The lowest BCUT2D eigenvalue weighted by Crippen LogP contribution is -2.33. The number of hydrogen-bond donors (Lipinski definition) is 1. The molecule has 0 amide bonds. The normalized spacial score (nSPS) is 17.3. The Bertz CT molecular complexity index is 1340. The number of benzene rings is 2. The molecule has 0 unspecified atom stereocenters. The summed E-state index contributed by atoms with van der Waals surface area (Å²) in [5.74, 6) is 1.01. The summed E-state index contributed by atoms with van der Waals surface area (Å²) >= 11 is 0. The molecule has 0 radical (unpaired) electrons. The van der Waals surface area contributed by atoms with Crippen molar-refractivity contribution in [1.82, 2.24) is 9.13 Å². The van der Waals surface area contributed by atoms with Gasteiger partial charge in [0, 0.05) is 12.5 Å². The zero-order valence-corrected chi connectivity index (χ0v) is 21.3. The van der Waals surface area contributed by atoms with Crippen LogP contribution in [-0.4, -0.2) is 14.2 Å². The molecule has 36 heavy (non-hydrogen) atoms. The van der Waals surface area contributed by atoms with Crippen molar-refractivity contribution in [3.8, 4) is 17.7 Å². The summed E-state index contributed by atoms with van der Waals surface area (Å²) < 4.78 is 9.85. The standard InChI is InChI=1S/C30H35N3O3/c1-3-8-24-25-17-27-29(34)32(22-9-6-5-7-10-22)30(35)33(27)26(4-2)23(25)15-16-28(24)36-19-21-13-11-20(18-31)12-14-21/h11-16,22,26,34H,3-10,17,19H2,1-2H3/t26-/m1/s1. The lowest BCUT2D eigenvalue weighted by atomic mass is 9.86. The van der Waals surface area contributed by atoms with Gasteiger partial charge >= 0.3 is 5.69 Å². The maximum atomic E-state index is 13.6. The van der Waals surface area contributed by atoms with E-state index >= 15 is 0 Å². The van der Waals surface area contributed by atoms with Crippen LogP contribution in [0.4, 0.5) is 0 Å². The average molecular weight is 486 g/mol. The highest BCUT2D eigenvalue weighted by Gasteiger charge is 2.35. The van der Waals surface area contributed by atoms with Gasteiger partial charge < -0.3 is 9.84 Å². The predicted octanol–water partition coefficient (Wildman–Crippen LogP) is 6.17. The van der Waals surface area contributed by atoms with Gasteiger partial charge in [-0.1, -0.05) is 57.7 Å². The largest absolute Gasteiger partial charge is 0.493 e. The summed E-state index contributed by atoms with van der Waals surface area (Å²) in [6.07, 6.45) is 8.49. The third-order valence-corrected chi connectivity index (χ3v) is 7.93. The SMILES string of the molecule is CCCc1c(OCc2ccc(C#N)cc2)ccc2c1Cc1c(O)n(C3CCCCC3)c(=O)n1[C@@H]2CC. The van der Waals surface area contributed by atoms with Gasteiger partial charge in [-0.15, -0.1) is 0 Å². The minimum absolute atomic E-state index is 0.0647. The highest BCUT2D eigenvalue weighted by atomic mass is 16.5. The van der Waals surface area contributed by atoms with Crippen molar-refractivity contribution in [2.45, 2.75) is 90.3 Å². The van der Waals surface area contributed by atoms with Gasteiger partial charge in [0.2, 0.25) is 5.88 Å². The van der Waals surface area contributed by atoms with E-state index in [-0.39, 0.29) is 23.7 Å². The molecule has 0 spiro atoms. The van der Waals surface area contributed by atoms with Gasteiger partial charge in [0.25, 0.3) is 0 Å². The number of aromatic nitrogens is 2. The first-order valence-electron chi connectivity index (χ1n) is 13.4. The Morgan fingerprint density at radius 1 is 1.06 bits per heavy atom. The average Bonchev–Trinajstić information content (AvgIpc) is 3.17. The number of hydrogen-bond acceptors (Lipinski definition) is 4. The zero-order valence-electron chi connectivity index (χ0n) is 21.3. The Kier molecular flexibility index (Phi) is 6.91. The first-order chi connectivity index (χ1) is 17.6. The Labute approximate surface area is 212 Å². The Morgan fingerprint density at radius 3 is 2.47 bits per heavy atom. The fourth-order valence-corrected chi connectivity index (χ4v) is 6.14. The molecular formula is C30H35N3O3. The van der Waals surface area contributed by atoms with Crippen LogP contribution in [0.25, 0.3) is 0 Å². The number of aromatic hydroxyl groups is 1. The molecule has 0 bridgehead atoms. The maximum Gasteiger partial charge on any atom is 0.332 e. The second kappa shape index (κ2) is 10.3. The van der Waals surface area contributed by atoms with Crippen LogP contribution in [0, 0.1) is 11.3 Å². The predicted molar refractivity (Wildman–Crippen MR) is 140 cm³/mol. The molecule has 6 nitrogen and oxygen atoms in total. The molecule has 1 atom stereocenters. The number of nitriles is 1. The Hall–Kier alpha value is -3.46. The van der Waals surface area contributed by atoms with E-state index < -0.39 is 0 Å². The van der Waals surface area contributed by atoms with Gasteiger partial charge in [0.1, 0.15) is 12.4 Å². The maximum absolute atomic E-state index is 13.6. The zero-order chi connectivity index (χ0) is 25.2. The number of rotatable bonds is 7. The van der Waals surface area contributed by atoms with E-state index in [1.54, 1.807) is 4.57 Å². The molecule has 1 saturated carbocycles. The molecule has 0 saturated heterocycles. The van der Waals surface area contributed by atoms with Crippen LogP contribution in [0.1, 0.15) is 104 Å². The summed E-state index contributed by atoms with van der Waals surface area (Å²) in [5.41, 5.74) is 5.86. The Balaban J connectivity index is 1.52. The van der Waals surface area contributed by atoms with E-state index in [2.05, 4.69) is 26.0 Å². The molecule has 1 aliphatic heterocycles. The first-order valence-corrected chi connectivity index (χ1v) is 13.4. The molecule has 188 valence electrons. The summed E-state index contributed by atoms with van der Waals surface area (Å²) in [6.45, 7) is 4.70. The molecule has 1 aliphatic carbocycles. The van der Waals surface area contributed by atoms with Crippen molar-refractivity contribution in [3.05, 3.63) is 80.4 Å². The van der Waals surface area contributed by atoms with Crippen LogP contribution in [-0.2, 0) is 19.4 Å². The molecule has 6 heteroatoms. The van der Waals surface area contributed by atoms with Crippen molar-refractivity contribution in [2.75, 3.05) is 0 Å². The molecule has 2 heterocycles. The number of fused-ring (bicyclic) bond motifs is 2. The van der Waals surface area contributed by atoms with Crippen LogP contribution < -0.4 is 10.4 Å². The fourth-order valence-electron chi connectivity index (χ4n) is 6.14. The van der Waals surface area contributed by atoms with Crippen molar-refractivity contribution in [2.24, 2.45) is 0 Å². The monoisotopic (exact) mass is 485 g/mol. The topological polar surface area (TPSA) is 80.2 Å². The molecule has 3 aromatic rings. The lowest BCUT2D eigenvalue weighted by molar-refractivity contribution is 0.302. The van der Waals surface area contributed by atoms with E-state index in [9.17, 15) is 9.90 Å². The van der Waals surface area contributed by atoms with Crippen molar-refractivity contribution >= 4 is 0 Å². The van der Waals surface area contributed by atoms with Gasteiger partial charge in [-0.25, -0.2) is 4.79 Å². The Morgan fingerprint density at radius 2 is 1.81 bits per heavy atom. The number of ether oxygens (including phenoxy) is 1. The van der Waals surface area contributed by atoms with E-state index in [1.807, 2.05) is 34.9 Å². The van der Waals surface area contributed by atoms with Crippen molar-refractivity contribution < 1.29 is 9.84 Å². The summed E-state index contributed by atoms with van der Waals surface area (Å²) in [5, 5.41) is 20.4. The second-order valence-electron chi connectivity index (χ2n) is 10.1. The van der Waals surface area contributed by atoms with Gasteiger partial charge in [0.05, 0.1) is 23.4 Å². The van der Waals surface area contributed by atoms with E-state index in [1.165, 1.54) is 23.1 Å². The molecule has 5 rings (SSSR count). The van der Waals surface area contributed by atoms with Gasteiger partial charge in [-0.05, 0) is 66.1 Å². The minimum Gasteiger partial charge on any atom is -0.493 e. The highest BCUT2D eigenvalue weighted by Crippen LogP contribution is 2.42. The van der Waals surface area contributed by atoms with Gasteiger partial charge in [-0.2, -0.15) is 5.26 Å². The quantitative estimate of drug-likeness (QED) is 0.434. The number of imidazole rings is 1. The highest BCUT2D eigenvalue weighted by molar-refractivity contribution is 5.52. The molecule has 1 aromatic heterocycles. The lowest BCUT2D eigenvalue weighted by Gasteiger charge is -2.29. The fraction of sp³-hybridized carbons (Fsp3) is 0.467. The second-order valence-corrected chi connectivity index (χ2v) is 10.1. The third kappa shape index (κ3) is 4.21. The third-order valence-electron chi connectivity index (χ3n) is 7.93. The summed E-state index contributed by atoms with van der Waals surface area (Å²) in [6, 6.07) is 13.8. The van der Waals surface area contributed by atoms with Crippen molar-refractivity contribution in [3.63, 3.8) is 0 Å². The van der Waals surface area contributed by atoms with Gasteiger partial charge in [-0.3, -0.25) is 9.13 Å². The number of nitrogens with zero attached hydrogens (tertiary/aromatic N) is 3. The first kappa shape index (κ1) is 24.2.